The summed E-state index contributed by atoms with van der Waals surface area (Å²) in [4.78, 5) is 43.2. The first kappa shape index (κ1) is 37.6. The van der Waals surface area contributed by atoms with Gasteiger partial charge < -0.3 is 24.0 Å². The second kappa shape index (κ2) is 15.2. The molecule has 278 valence electrons. The van der Waals surface area contributed by atoms with Crippen molar-refractivity contribution in [2.45, 2.75) is 69.3 Å². The molecule has 0 unspecified atom stereocenters. The van der Waals surface area contributed by atoms with Crippen LogP contribution in [0.4, 0.5) is 5.82 Å². The number of halogens is 1. The molecule has 1 N–H and O–H groups in total. The average molecular weight is 809 g/mol. The van der Waals surface area contributed by atoms with Gasteiger partial charge in [-0.25, -0.2) is 4.79 Å². The first-order valence-corrected chi connectivity index (χ1v) is 20.6. The molecule has 10 nitrogen and oxygen atoms in total. The third-order valence-electron chi connectivity index (χ3n) is 10.2. The molecule has 2 fully saturated rings. The summed E-state index contributed by atoms with van der Waals surface area (Å²) in [6.45, 7) is 8.08. The lowest BCUT2D eigenvalue weighted by atomic mass is 9.86. The smallest absolute Gasteiger partial charge is 0.351 e. The van der Waals surface area contributed by atoms with Crippen LogP contribution < -0.4 is 21.4 Å². The van der Waals surface area contributed by atoms with Crippen molar-refractivity contribution >= 4 is 52.3 Å². The van der Waals surface area contributed by atoms with Gasteiger partial charge in [-0.2, -0.15) is 4.98 Å². The number of carbonyl (C=O) groups excluding carboxylic acids is 2. The maximum atomic E-state index is 13.5. The number of nitrogens with zero attached hydrogens (tertiary/aromatic N) is 2. The van der Waals surface area contributed by atoms with Gasteiger partial charge in [-0.15, -0.1) is 0 Å². The van der Waals surface area contributed by atoms with Gasteiger partial charge in [0.1, 0.15) is 29.9 Å². The van der Waals surface area contributed by atoms with Gasteiger partial charge >= 0.3 is 11.7 Å². The van der Waals surface area contributed by atoms with Crippen LogP contribution in [-0.4, -0.2) is 54.7 Å². The molecule has 1 amide bonds. The Kier molecular flexibility index (Phi) is 10.6. The first-order valence-electron chi connectivity index (χ1n) is 17.9. The molecule has 0 saturated carbocycles. The minimum absolute atomic E-state index is 0.111. The highest BCUT2D eigenvalue weighted by Gasteiger charge is 2.64. The zero-order chi connectivity index (χ0) is 38.1. The minimum atomic E-state index is -3.00. The molecule has 0 aliphatic carbocycles. The predicted octanol–water partition coefficient (Wildman–Crippen LogP) is 6.35. The molecule has 3 heterocycles. The molecule has 5 atom stereocenters. The fraction of sp³-hybridized carbons (Fsp3) is 0.286. The molecule has 7 rings (SSSR count). The number of rotatable bonds is 10. The Morgan fingerprint density at radius 1 is 0.926 bits per heavy atom. The summed E-state index contributed by atoms with van der Waals surface area (Å²) in [5.74, 6) is -0.766. The largest absolute Gasteiger partial charge is 0.457 e. The van der Waals surface area contributed by atoms with E-state index < -0.39 is 50.1 Å². The van der Waals surface area contributed by atoms with Crippen molar-refractivity contribution in [3.8, 4) is 0 Å². The highest BCUT2D eigenvalue weighted by Crippen LogP contribution is 2.54. The molecule has 12 heteroatoms. The lowest BCUT2D eigenvalue weighted by Gasteiger charge is -2.43. The topological polar surface area (TPSA) is 118 Å². The van der Waals surface area contributed by atoms with Crippen molar-refractivity contribution in [2.24, 2.45) is 0 Å². The van der Waals surface area contributed by atoms with Crippen molar-refractivity contribution in [3.63, 3.8) is 0 Å². The van der Waals surface area contributed by atoms with Crippen LogP contribution in [0.2, 0.25) is 5.04 Å². The van der Waals surface area contributed by atoms with Gasteiger partial charge in [0.15, 0.2) is 6.10 Å². The summed E-state index contributed by atoms with van der Waals surface area (Å²) >= 11 is 3.62. The molecule has 2 aliphatic rings. The zero-order valence-electron chi connectivity index (χ0n) is 30.5. The Morgan fingerprint density at radius 3 is 2.13 bits per heavy atom. The van der Waals surface area contributed by atoms with Gasteiger partial charge in [-0.3, -0.25) is 14.2 Å². The molecular formula is C42H42BrN3O7Si. The van der Waals surface area contributed by atoms with Gasteiger partial charge in [0, 0.05) is 29.6 Å². The fourth-order valence-corrected chi connectivity index (χ4v) is 12.8. The summed E-state index contributed by atoms with van der Waals surface area (Å²) in [5, 5.41) is 4.61. The van der Waals surface area contributed by atoms with Crippen molar-refractivity contribution in [1.82, 2.24) is 9.55 Å². The number of esters is 1. The molecular weight excluding hydrogens is 766 g/mol. The Morgan fingerprint density at radius 2 is 1.56 bits per heavy atom. The van der Waals surface area contributed by atoms with Crippen molar-refractivity contribution in [2.75, 3.05) is 11.9 Å². The molecule has 2 aliphatic heterocycles. The molecule has 0 bridgehead atoms. The molecule has 5 aromatic rings. The number of hydrogen-bond donors (Lipinski definition) is 1. The van der Waals surface area contributed by atoms with Crippen LogP contribution in [0.25, 0.3) is 0 Å². The molecule has 1 aromatic heterocycles. The fourth-order valence-electron chi connectivity index (χ4n) is 7.87. The van der Waals surface area contributed by atoms with Crippen LogP contribution in [0.1, 0.15) is 56.3 Å². The number of hydrogen-bond acceptors (Lipinski definition) is 8. The number of nitrogens with one attached hydrogen (secondary N) is 1. The van der Waals surface area contributed by atoms with E-state index in [1.54, 1.807) is 36.5 Å². The molecule has 54 heavy (non-hydrogen) atoms. The summed E-state index contributed by atoms with van der Waals surface area (Å²) in [6.07, 6.45) is -1.48. The van der Waals surface area contributed by atoms with Crippen LogP contribution >= 0.6 is 15.9 Å². The standard InChI is InChI=1S/C42H42BrN3O7Si/c1-28(47)51-37-34(27-50-54(41(2,3)4,32-19-10-6-11-20-32)33-21-12-7-13-22-33)53-42(30-17-14-18-31(43)25-30)26-36(52-38(37)42)46-24-23-35(45-40(46)49)44-39(48)29-15-8-5-9-16-29/h5-25,34,36-38H,26-27H2,1-4H3,(H,44,45,48,49)/t34-,36+,37-,38-,42+/m1/s1. The van der Waals surface area contributed by atoms with Crippen LogP contribution in [0.3, 0.4) is 0 Å². The maximum Gasteiger partial charge on any atom is 0.351 e. The van der Waals surface area contributed by atoms with Crippen molar-refractivity contribution in [1.29, 1.82) is 0 Å². The highest BCUT2D eigenvalue weighted by atomic mass is 79.9. The Labute approximate surface area is 323 Å². The average Bonchev–Trinajstić information content (AvgIpc) is 3.67. The molecule has 2 saturated heterocycles. The van der Waals surface area contributed by atoms with E-state index in [0.717, 1.165) is 20.4 Å². The van der Waals surface area contributed by atoms with Crippen LogP contribution in [0.15, 0.2) is 137 Å². The number of amides is 1. The summed E-state index contributed by atoms with van der Waals surface area (Å²) in [5.41, 5.74) is -0.519. The number of fused-ring (bicyclic) bond motifs is 1. The number of anilines is 1. The minimum Gasteiger partial charge on any atom is -0.457 e. The van der Waals surface area contributed by atoms with Gasteiger partial charge in [0.25, 0.3) is 14.2 Å². The summed E-state index contributed by atoms with van der Waals surface area (Å²) in [6, 6.07) is 38.6. The third-order valence-corrected chi connectivity index (χ3v) is 15.7. The number of aromatic nitrogens is 2. The van der Waals surface area contributed by atoms with Crippen LogP contribution in [0.5, 0.6) is 0 Å². The van der Waals surface area contributed by atoms with E-state index in [1.807, 2.05) is 66.7 Å². The Bertz CT molecular complexity index is 2140. The quantitative estimate of drug-likeness (QED) is 0.128. The molecule has 0 radical (unpaired) electrons. The summed E-state index contributed by atoms with van der Waals surface area (Å²) in [7, 11) is -3.00. The van der Waals surface area contributed by atoms with E-state index in [-0.39, 0.29) is 29.8 Å². The second-order valence-electron chi connectivity index (χ2n) is 14.6. The zero-order valence-corrected chi connectivity index (χ0v) is 33.1. The van der Waals surface area contributed by atoms with Gasteiger partial charge in [0.2, 0.25) is 0 Å². The maximum absolute atomic E-state index is 13.5. The van der Waals surface area contributed by atoms with Gasteiger partial charge in [0.05, 0.1) is 6.61 Å². The van der Waals surface area contributed by atoms with Crippen molar-refractivity contribution in [3.05, 3.63) is 154 Å². The number of ether oxygens (including phenoxy) is 3. The molecule has 0 spiro atoms. The lowest BCUT2D eigenvalue weighted by molar-refractivity contribution is -0.159. The van der Waals surface area contributed by atoms with E-state index >= 15 is 0 Å². The predicted molar refractivity (Wildman–Crippen MR) is 211 cm³/mol. The Hall–Kier alpha value is -4.72. The number of benzene rings is 4. The highest BCUT2D eigenvalue weighted by molar-refractivity contribution is 9.10. The lowest BCUT2D eigenvalue weighted by Crippen LogP contribution is -2.67. The second-order valence-corrected chi connectivity index (χ2v) is 19.9. The summed E-state index contributed by atoms with van der Waals surface area (Å²) < 4.78 is 29.4. The first-order chi connectivity index (χ1) is 25.9. The third kappa shape index (κ3) is 7.12. The van der Waals surface area contributed by atoms with E-state index in [4.69, 9.17) is 18.6 Å². The van der Waals surface area contributed by atoms with E-state index in [1.165, 1.54) is 11.5 Å². The van der Waals surface area contributed by atoms with Crippen LogP contribution in [-0.2, 0) is 29.0 Å². The number of carbonyl (C=O) groups is 2. The van der Waals surface area contributed by atoms with E-state index in [0.29, 0.717) is 5.56 Å². The van der Waals surface area contributed by atoms with E-state index in [2.05, 4.69) is 71.3 Å². The molecule has 4 aromatic carbocycles. The van der Waals surface area contributed by atoms with Gasteiger partial charge in [-0.1, -0.05) is 128 Å². The van der Waals surface area contributed by atoms with E-state index in [9.17, 15) is 14.4 Å². The monoisotopic (exact) mass is 807 g/mol. The van der Waals surface area contributed by atoms with Crippen LogP contribution in [0, 0.1) is 0 Å². The van der Waals surface area contributed by atoms with Crippen molar-refractivity contribution < 1.29 is 28.2 Å². The Balaban J connectivity index is 1.24. The normalized spacial score (nSPS) is 22.4. The van der Waals surface area contributed by atoms with Gasteiger partial charge in [-0.05, 0) is 51.3 Å². The SMILES string of the molecule is CC(=O)O[C@H]1[C@H]2O[C@H](n3ccc(NC(=O)c4ccccc4)nc3=O)C[C@@]2(c2cccc(Br)c2)O[C@@H]1CO[Si](c1ccccc1)(c1ccccc1)C(C)(C)C.